The van der Waals surface area contributed by atoms with E-state index >= 15 is 0 Å². The van der Waals surface area contributed by atoms with Crippen LogP contribution >= 0.6 is 50.7 Å². The average Bonchev–Trinajstić information content (AvgIpc) is 2.91. The van der Waals surface area contributed by atoms with E-state index < -0.39 is 18.0 Å². The zero-order chi connectivity index (χ0) is 17.1. The minimum Gasteiger partial charge on any atom is -0.447 e. The second kappa shape index (κ2) is 7.57. The molecular formula is C14H9BrCl3NO4. The number of amides is 1. The van der Waals surface area contributed by atoms with Gasteiger partial charge >= 0.3 is 5.97 Å². The number of anilines is 1. The number of halogens is 4. The minimum atomic E-state index is -1.07. The van der Waals surface area contributed by atoms with Gasteiger partial charge in [-0.05, 0) is 47.1 Å². The van der Waals surface area contributed by atoms with Crippen molar-refractivity contribution in [3.8, 4) is 0 Å². The van der Waals surface area contributed by atoms with Gasteiger partial charge in [0.2, 0.25) is 5.76 Å². The number of hydrogen-bond acceptors (Lipinski definition) is 4. The summed E-state index contributed by atoms with van der Waals surface area (Å²) < 4.78 is 10.4. The lowest BCUT2D eigenvalue weighted by molar-refractivity contribution is -0.123. The maximum absolute atomic E-state index is 12.1. The van der Waals surface area contributed by atoms with Crippen molar-refractivity contribution in [2.75, 3.05) is 5.32 Å². The van der Waals surface area contributed by atoms with Gasteiger partial charge in [-0.3, -0.25) is 4.79 Å². The SMILES string of the molecule is CC(OC(=O)c1ccc(Br)o1)C(=O)Nc1cc(Cl)c(Cl)cc1Cl. The highest BCUT2D eigenvalue weighted by atomic mass is 79.9. The van der Waals surface area contributed by atoms with E-state index in [-0.39, 0.29) is 26.5 Å². The summed E-state index contributed by atoms with van der Waals surface area (Å²) in [7, 11) is 0. The molecule has 1 unspecified atom stereocenters. The first-order chi connectivity index (χ1) is 10.8. The Morgan fingerprint density at radius 1 is 1.17 bits per heavy atom. The van der Waals surface area contributed by atoms with Crippen LogP contribution in [0.4, 0.5) is 5.69 Å². The number of hydrogen-bond donors (Lipinski definition) is 1. The summed E-state index contributed by atoms with van der Waals surface area (Å²) in [6.07, 6.45) is -1.07. The molecule has 0 saturated carbocycles. The molecule has 2 rings (SSSR count). The predicted octanol–water partition coefficient (Wildman–Crippen LogP) is 5.19. The molecule has 122 valence electrons. The van der Waals surface area contributed by atoms with Crippen LogP contribution in [0.3, 0.4) is 0 Å². The van der Waals surface area contributed by atoms with Crippen molar-refractivity contribution in [3.05, 3.63) is 49.8 Å². The Balaban J connectivity index is 2.03. The third kappa shape index (κ3) is 4.64. The summed E-state index contributed by atoms with van der Waals surface area (Å²) in [5.41, 5.74) is 0.259. The molecule has 5 nitrogen and oxygen atoms in total. The minimum absolute atomic E-state index is 0.0240. The molecule has 0 aliphatic carbocycles. The van der Waals surface area contributed by atoms with E-state index in [4.69, 9.17) is 44.0 Å². The van der Waals surface area contributed by atoms with Crippen LogP contribution in [0.1, 0.15) is 17.5 Å². The van der Waals surface area contributed by atoms with Gasteiger partial charge in [-0.2, -0.15) is 0 Å². The van der Waals surface area contributed by atoms with E-state index in [2.05, 4.69) is 21.2 Å². The third-order valence-corrected chi connectivity index (χ3v) is 4.16. The van der Waals surface area contributed by atoms with Gasteiger partial charge in [-0.25, -0.2) is 4.79 Å². The molecule has 1 heterocycles. The van der Waals surface area contributed by atoms with Crippen LogP contribution in [0, 0.1) is 0 Å². The molecular weight excluding hydrogens is 432 g/mol. The van der Waals surface area contributed by atoms with Crippen molar-refractivity contribution in [3.63, 3.8) is 0 Å². The van der Waals surface area contributed by atoms with Gasteiger partial charge in [-0.1, -0.05) is 34.8 Å². The number of benzene rings is 1. The van der Waals surface area contributed by atoms with Gasteiger partial charge in [0.15, 0.2) is 10.8 Å². The second-order valence-corrected chi connectivity index (χ2v) is 6.39. The van der Waals surface area contributed by atoms with E-state index in [1.54, 1.807) is 0 Å². The molecule has 23 heavy (non-hydrogen) atoms. The van der Waals surface area contributed by atoms with Crippen molar-refractivity contribution in [2.24, 2.45) is 0 Å². The Labute approximate surface area is 155 Å². The molecule has 1 N–H and O–H groups in total. The Kier molecular flexibility index (Phi) is 5.97. The quantitative estimate of drug-likeness (QED) is 0.524. The molecule has 2 aromatic rings. The summed E-state index contributed by atoms with van der Waals surface area (Å²) >= 11 is 20.7. The summed E-state index contributed by atoms with van der Waals surface area (Å²) in [4.78, 5) is 23.9. The van der Waals surface area contributed by atoms with E-state index in [1.165, 1.54) is 31.2 Å². The molecule has 0 aliphatic heterocycles. The fraction of sp³-hybridized carbons (Fsp3) is 0.143. The van der Waals surface area contributed by atoms with Crippen LogP contribution in [-0.4, -0.2) is 18.0 Å². The van der Waals surface area contributed by atoms with Crippen molar-refractivity contribution in [2.45, 2.75) is 13.0 Å². The zero-order valence-corrected chi connectivity index (χ0v) is 15.4. The highest BCUT2D eigenvalue weighted by Crippen LogP contribution is 2.32. The smallest absolute Gasteiger partial charge is 0.375 e. The van der Waals surface area contributed by atoms with E-state index in [1.807, 2.05) is 0 Å². The van der Waals surface area contributed by atoms with Gasteiger partial charge < -0.3 is 14.5 Å². The molecule has 9 heteroatoms. The van der Waals surface area contributed by atoms with Gasteiger partial charge in [0, 0.05) is 0 Å². The fourth-order valence-electron chi connectivity index (χ4n) is 1.55. The molecule has 0 spiro atoms. The van der Waals surface area contributed by atoms with Crippen LogP contribution in [0.2, 0.25) is 15.1 Å². The molecule has 1 atom stereocenters. The normalized spacial score (nSPS) is 11.9. The monoisotopic (exact) mass is 439 g/mol. The first-order valence-electron chi connectivity index (χ1n) is 6.19. The highest BCUT2D eigenvalue weighted by Gasteiger charge is 2.22. The molecule has 0 aliphatic rings. The summed E-state index contributed by atoms with van der Waals surface area (Å²) in [6, 6.07) is 5.77. The first-order valence-corrected chi connectivity index (χ1v) is 8.12. The van der Waals surface area contributed by atoms with Gasteiger partial charge in [0.25, 0.3) is 5.91 Å². The summed E-state index contributed by atoms with van der Waals surface area (Å²) in [6.45, 7) is 1.41. The number of furan rings is 1. The van der Waals surface area contributed by atoms with Crippen LogP contribution in [0.5, 0.6) is 0 Å². The number of rotatable bonds is 4. The van der Waals surface area contributed by atoms with Crippen molar-refractivity contribution >= 4 is 68.3 Å². The molecule has 1 aromatic heterocycles. The largest absolute Gasteiger partial charge is 0.447 e. The number of esters is 1. The number of ether oxygens (including phenoxy) is 1. The van der Waals surface area contributed by atoms with Gasteiger partial charge in [0.1, 0.15) is 0 Å². The van der Waals surface area contributed by atoms with Crippen molar-refractivity contribution in [1.29, 1.82) is 0 Å². The van der Waals surface area contributed by atoms with E-state index in [0.717, 1.165) is 0 Å². The Bertz CT molecular complexity index is 762. The average molecular weight is 441 g/mol. The molecule has 1 aromatic carbocycles. The molecule has 1 amide bonds. The lowest BCUT2D eigenvalue weighted by Gasteiger charge is -2.14. The second-order valence-electron chi connectivity index (χ2n) is 4.39. The van der Waals surface area contributed by atoms with Gasteiger partial charge in [0.05, 0.1) is 20.8 Å². The topological polar surface area (TPSA) is 68.5 Å². The van der Waals surface area contributed by atoms with Crippen LogP contribution in [0.15, 0.2) is 33.4 Å². The maximum Gasteiger partial charge on any atom is 0.375 e. The molecule has 0 bridgehead atoms. The van der Waals surface area contributed by atoms with Crippen molar-refractivity contribution < 1.29 is 18.7 Å². The number of carbonyl (C=O) groups excluding carboxylic acids is 2. The highest BCUT2D eigenvalue weighted by molar-refractivity contribution is 9.10. The van der Waals surface area contributed by atoms with Crippen LogP contribution in [-0.2, 0) is 9.53 Å². The molecule has 0 saturated heterocycles. The Hall–Kier alpha value is -1.21. The molecule has 0 fully saturated rings. The number of carbonyl (C=O) groups is 2. The lowest BCUT2D eigenvalue weighted by Crippen LogP contribution is -2.30. The lowest BCUT2D eigenvalue weighted by atomic mass is 10.3. The van der Waals surface area contributed by atoms with Crippen LogP contribution in [0.25, 0.3) is 0 Å². The third-order valence-electron chi connectivity index (χ3n) is 2.70. The van der Waals surface area contributed by atoms with Gasteiger partial charge in [-0.15, -0.1) is 0 Å². The van der Waals surface area contributed by atoms with E-state index in [0.29, 0.717) is 4.67 Å². The molecule has 0 radical (unpaired) electrons. The predicted molar refractivity (Wildman–Crippen MR) is 91.4 cm³/mol. The fourth-order valence-corrected chi connectivity index (χ4v) is 2.45. The number of nitrogens with one attached hydrogen (secondary N) is 1. The van der Waals surface area contributed by atoms with E-state index in [9.17, 15) is 9.59 Å². The summed E-state index contributed by atoms with van der Waals surface area (Å²) in [5.74, 6) is -1.37. The maximum atomic E-state index is 12.1. The Morgan fingerprint density at radius 3 is 2.43 bits per heavy atom. The van der Waals surface area contributed by atoms with Crippen LogP contribution < -0.4 is 5.32 Å². The first kappa shape index (κ1) is 18.1. The zero-order valence-electron chi connectivity index (χ0n) is 11.5. The Morgan fingerprint density at radius 2 is 1.83 bits per heavy atom. The standard InChI is InChI=1S/C14H9BrCl3NO4/c1-6(22-14(21)11-2-3-12(15)23-11)13(20)19-10-5-8(17)7(16)4-9(10)18/h2-6H,1H3,(H,19,20). The van der Waals surface area contributed by atoms with Crippen molar-refractivity contribution in [1.82, 2.24) is 0 Å². The summed E-state index contributed by atoms with van der Waals surface area (Å²) in [5, 5.41) is 3.21.